The first kappa shape index (κ1) is 6.84. The van der Waals surface area contributed by atoms with Gasteiger partial charge in [0, 0.05) is 7.05 Å². The van der Waals surface area contributed by atoms with Crippen molar-refractivity contribution in [3.63, 3.8) is 0 Å². The van der Waals surface area contributed by atoms with Crippen LogP contribution in [0.2, 0.25) is 0 Å². The Labute approximate surface area is 67.3 Å². The molecule has 1 aromatic heterocycles. The Morgan fingerprint density at radius 2 is 2.08 bits per heavy atom. The van der Waals surface area contributed by atoms with Crippen molar-refractivity contribution >= 4 is 17.6 Å². The summed E-state index contributed by atoms with van der Waals surface area (Å²) in [5.41, 5.74) is 0.451. The van der Waals surface area contributed by atoms with E-state index in [0.717, 1.165) is 0 Å². The molecule has 3 N–H and O–H groups in total. The van der Waals surface area contributed by atoms with E-state index >= 15 is 0 Å². The molecule has 2 rings (SSSR count). The van der Waals surface area contributed by atoms with Crippen LogP contribution in [0.5, 0.6) is 0 Å². The van der Waals surface area contributed by atoms with E-state index in [1.807, 2.05) is 0 Å². The molecule has 12 heavy (non-hydrogen) atoms. The first-order chi connectivity index (χ1) is 5.74. The van der Waals surface area contributed by atoms with Crippen LogP contribution in [0, 0.1) is 0 Å². The maximum atomic E-state index is 11.1. The van der Waals surface area contributed by atoms with Crippen LogP contribution in [0.3, 0.4) is 0 Å². The van der Waals surface area contributed by atoms with E-state index in [9.17, 15) is 9.59 Å². The molecule has 0 saturated heterocycles. The summed E-state index contributed by atoms with van der Waals surface area (Å²) in [6, 6.07) is 0. The largest absolute Gasteiger partial charge is 0.373 e. The molecule has 1 aliphatic heterocycles. The van der Waals surface area contributed by atoms with Gasteiger partial charge in [0.2, 0.25) is 0 Å². The summed E-state index contributed by atoms with van der Waals surface area (Å²) in [7, 11) is 1.64. The Morgan fingerprint density at radius 1 is 1.33 bits per heavy atom. The first-order valence-corrected chi connectivity index (χ1v) is 3.36. The SMILES string of the molecule is CNc1[nH]nc2c1C(=O)NC2=O. The summed E-state index contributed by atoms with van der Waals surface area (Å²) in [6.45, 7) is 0. The fourth-order valence-electron chi connectivity index (χ4n) is 1.13. The minimum absolute atomic E-state index is 0.157. The summed E-state index contributed by atoms with van der Waals surface area (Å²) in [4.78, 5) is 22.0. The maximum Gasteiger partial charge on any atom is 0.279 e. The highest BCUT2D eigenvalue weighted by molar-refractivity contribution is 6.22. The third-order valence-electron chi connectivity index (χ3n) is 1.69. The number of imide groups is 1. The first-order valence-electron chi connectivity index (χ1n) is 3.36. The average molecular weight is 166 g/mol. The Kier molecular flexibility index (Phi) is 1.18. The smallest absolute Gasteiger partial charge is 0.279 e. The van der Waals surface area contributed by atoms with Crippen LogP contribution in [-0.2, 0) is 0 Å². The maximum absolute atomic E-state index is 11.1. The molecule has 0 saturated carbocycles. The molecule has 0 unspecified atom stereocenters. The fourth-order valence-corrected chi connectivity index (χ4v) is 1.13. The number of hydrogen-bond acceptors (Lipinski definition) is 4. The second kappa shape index (κ2) is 2.07. The summed E-state index contributed by atoms with van der Waals surface area (Å²) in [5, 5.41) is 11.1. The Balaban J connectivity index is 2.63. The number of anilines is 1. The zero-order valence-electron chi connectivity index (χ0n) is 6.26. The van der Waals surface area contributed by atoms with E-state index in [2.05, 4.69) is 20.8 Å². The molecule has 2 amide bonds. The molecule has 2 heterocycles. The van der Waals surface area contributed by atoms with Crippen LogP contribution < -0.4 is 10.6 Å². The zero-order valence-corrected chi connectivity index (χ0v) is 6.26. The summed E-state index contributed by atoms with van der Waals surface area (Å²) >= 11 is 0. The number of aromatic nitrogens is 2. The second-order valence-corrected chi connectivity index (χ2v) is 2.36. The molecule has 1 aliphatic rings. The van der Waals surface area contributed by atoms with Crippen molar-refractivity contribution in [1.82, 2.24) is 15.5 Å². The standard InChI is InChI=1S/C6H6N4O2/c1-7-4-2-3(9-10-4)6(12)8-5(2)11/h1H3,(H2,7,9,10)(H,8,11,12). The minimum atomic E-state index is -0.451. The van der Waals surface area contributed by atoms with Crippen LogP contribution in [0.25, 0.3) is 0 Å². The van der Waals surface area contributed by atoms with Crippen molar-refractivity contribution in [2.75, 3.05) is 12.4 Å². The highest BCUT2D eigenvalue weighted by Gasteiger charge is 2.32. The van der Waals surface area contributed by atoms with E-state index in [-0.39, 0.29) is 5.69 Å². The number of carbonyl (C=O) groups is 2. The van der Waals surface area contributed by atoms with E-state index in [4.69, 9.17) is 0 Å². The zero-order chi connectivity index (χ0) is 8.72. The van der Waals surface area contributed by atoms with Gasteiger partial charge in [0.1, 0.15) is 11.4 Å². The van der Waals surface area contributed by atoms with E-state index in [0.29, 0.717) is 11.4 Å². The highest BCUT2D eigenvalue weighted by atomic mass is 16.2. The van der Waals surface area contributed by atoms with Crippen molar-refractivity contribution in [1.29, 1.82) is 0 Å². The van der Waals surface area contributed by atoms with Crippen molar-refractivity contribution < 1.29 is 9.59 Å². The van der Waals surface area contributed by atoms with Crippen LogP contribution >= 0.6 is 0 Å². The molecule has 0 bridgehead atoms. The lowest BCUT2D eigenvalue weighted by Gasteiger charge is -1.94. The normalized spacial score (nSPS) is 14.4. The third kappa shape index (κ3) is 0.659. The summed E-state index contributed by atoms with van der Waals surface area (Å²) < 4.78 is 0. The monoisotopic (exact) mass is 166 g/mol. The molecule has 1 aromatic rings. The Morgan fingerprint density at radius 3 is 2.75 bits per heavy atom. The van der Waals surface area contributed by atoms with E-state index in [1.165, 1.54) is 0 Å². The molecule has 6 heteroatoms. The van der Waals surface area contributed by atoms with Crippen molar-refractivity contribution in [2.45, 2.75) is 0 Å². The predicted molar refractivity (Wildman–Crippen MR) is 39.9 cm³/mol. The molecule has 0 atom stereocenters. The molecular formula is C6H6N4O2. The van der Waals surface area contributed by atoms with Crippen LogP contribution in [0.4, 0.5) is 5.82 Å². The fraction of sp³-hybridized carbons (Fsp3) is 0.167. The lowest BCUT2D eigenvalue weighted by Crippen LogP contribution is -2.21. The van der Waals surface area contributed by atoms with E-state index < -0.39 is 11.8 Å². The van der Waals surface area contributed by atoms with Crippen molar-refractivity contribution in [2.24, 2.45) is 0 Å². The molecule has 62 valence electrons. The summed E-state index contributed by atoms with van der Waals surface area (Å²) in [6.07, 6.45) is 0. The van der Waals surface area contributed by atoms with E-state index in [1.54, 1.807) is 7.05 Å². The lowest BCUT2D eigenvalue weighted by atomic mass is 10.2. The molecular weight excluding hydrogens is 160 g/mol. The Bertz CT molecular complexity index is 368. The van der Waals surface area contributed by atoms with Gasteiger partial charge in [0.15, 0.2) is 5.69 Å². The molecule has 6 nitrogen and oxygen atoms in total. The second-order valence-electron chi connectivity index (χ2n) is 2.36. The molecule has 0 fully saturated rings. The number of fused-ring (bicyclic) bond motifs is 1. The molecule has 0 radical (unpaired) electrons. The van der Waals surface area contributed by atoms with Gasteiger partial charge in [-0.3, -0.25) is 20.0 Å². The van der Waals surface area contributed by atoms with Gasteiger partial charge < -0.3 is 5.32 Å². The van der Waals surface area contributed by atoms with Gasteiger partial charge in [-0.1, -0.05) is 0 Å². The number of aromatic amines is 1. The lowest BCUT2D eigenvalue weighted by molar-refractivity contribution is 0.0877. The van der Waals surface area contributed by atoms with Crippen molar-refractivity contribution in [3.8, 4) is 0 Å². The number of nitrogens with zero attached hydrogens (tertiary/aromatic N) is 1. The van der Waals surface area contributed by atoms with Crippen LogP contribution in [0.15, 0.2) is 0 Å². The van der Waals surface area contributed by atoms with Gasteiger partial charge in [-0.25, -0.2) is 0 Å². The number of nitrogens with one attached hydrogen (secondary N) is 3. The van der Waals surface area contributed by atoms with Crippen molar-refractivity contribution in [3.05, 3.63) is 11.3 Å². The molecule has 0 spiro atoms. The van der Waals surface area contributed by atoms with Gasteiger partial charge in [0.25, 0.3) is 11.8 Å². The topological polar surface area (TPSA) is 86.9 Å². The van der Waals surface area contributed by atoms with Gasteiger partial charge in [0.05, 0.1) is 0 Å². The number of carbonyl (C=O) groups excluding carboxylic acids is 2. The molecule has 0 aliphatic carbocycles. The van der Waals surface area contributed by atoms with Crippen LogP contribution in [0.1, 0.15) is 20.8 Å². The highest BCUT2D eigenvalue weighted by Crippen LogP contribution is 2.19. The third-order valence-corrected chi connectivity index (χ3v) is 1.69. The number of hydrogen-bond donors (Lipinski definition) is 3. The number of rotatable bonds is 1. The summed E-state index contributed by atoms with van der Waals surface area (Å²) in [5.74, 6) is -0.394. The van der Waals surface area contributed by atoms with Gasteiger partial charge in [-0.05, 0) is 0 Å². The number of H-pyrrole nitrogens is 1. The van der Waals surface area contributed by atoms with Crippen LogP contribution in [-0.4, -0.2) is 29.1 Å². The molecule has 0 aromatic carbocycles. The van der Waals surface area contributed by atoms with Gasteiger partial charge >= 0.3 is 0 Å². The number of amides is 2. The predicted octanol–water partition coefficient (Wildman–Crippen LogP) is -0.665. The quantitative estimate of drug-likeness (QED) is 0.483. The van der Waals surface area contributed by atoms with Gasteiger partial charge in [-0.2, -0.15) is 5.10 Å². The Hall–Kier alpha value is -1.85. The minimum Gasteiger partial charge on any atom is -0.373 e. The average Bonchev–Trinajstić information content (AvgIpc) is 2.55. The van der Waals surface area contributed by atoms with Gasteiger partial charge in [-0.15, -0.1) is 0 Å².